The van der Waals surface area contributed by atoms with Crippen molar-refractivity contribution in [3.05, 3.63) is 206 Å². The molecule has 3 nitrogen and oxygen atoms in total. The summed E-state index contributed by atoms with van der Waals surface area (Å²) in [5, 5.41) is 4.56. The number of ether oxygens (including phenoxy) is 1. The smallest absolute Gasteiger partial charge is 0.161 e. The standard InChI is InChI=1S/C54H34N2O/c1-4-13-35(14-5-1)36-23-25-39(26-24-36)50-34-49(38-17-8-3-9-18-38)55-54(56-50)47-29-28-42(43-19-10-11-20-44(43)47)40-27-31-51-48(33-40)46-22-12-21-45-41(37-15-6-2-7-16-37)30-32-52(57-51)53(45)46/h1-34H. The van der Waals surface area contributed by atoms with Gasteiger partial charge in [0.25, 0.3) is 0 Å². The van der Waals surface area contributed by atoms with Gasteiger partial charge in [0.05, 0.1) is 11.4 Å². The van der Waals surface area contributed by atoms with Gasteiger partial charge in [0, 0.05) is 27.6 Å². The fourth-order valence-electron chi connectivity index (χ4n) is 8.35. The van der Waals surface area contributed by atoms with E-state index in [4.69, 9.17) is 14.7 Å². The maximum absolute atomic E-state index is 6.60. The molecule has 57 heavy (non-hydrogen) atoms. The number of fused-ring (bicyclic) bond motifs is 3. The molecule has 1 aromatic heterocycles. The Kier molecular flexibility index (Phi) is 7.82. The van der Waals surface area contributed by atoms with Gasteiger partial charge in [0.2, 0.25) is 0 Å². The Hall–Kier alpha value is -7.62. The summed E-state index contributed by atoms with van der Waals surface area (Å²) in [6, 6.07) is 72.6. The van der Waals surface area contributed by atoms with Crippen LogP contribution in [0.15, 0.2) is 206 Å². The minimum atomic E-state index is 0.692. The van der Waals surface area contributed by atoms with E-state index in [9.17, 15) is 0 Å². The van der Waals surface area contributed by atoms with E-state index in [0.29, 0.717) is 5.82 Å². The molecule has 0 unspecified atom stereocenters. The number of benzene rings is 9. The maximum atomic E-state index is 6.60. The molecule has 0 spiro atoms. The first-order valence-electron chi connectivity index (χ1n) is 19.3. The highest BCUT2D eigenvalue weighted by atomic mass is 16.5. The lowest BCUT2D eigenvalue weighted by atomic mass is 9.88. The second-order valence-corrected chi connectivity index (χ2v) is 14.5. The molecular weight excluding hydrogens is 693 g/mol. The summed E-state index contributed by atoms with van der Waals surface area (Å²) in [6.07, 6.45) is 0. The zero-order valence-electron chi connectivity index (χ0n) is 30.9. The molecule has 0 radical (unpaired) electrons. The van der Waals surface area contributed by atoms with Crippen molar-refractivity contribution in [1.82, 2.24) is 9.97 Å². The van der Waals surface area contributed by atoms with E-state index in [1.165, 1.54) is 33.2 Å². The van der Waals surface area contributed by atoms with Crippen LogP contribution in [-0.4, -0.2) is 9.97 Å². The minimum absolute atomic E-state index is 0.692. The van der Waals surface area contributed by atoms with E-state index < -0.39 is 0 Å². The number of hydrogen-bond acceptors (Lipinski definition) is 3. The molecule has 0 aliphatic carbocycles. The minimum Gasteiger partial charge on any atom is -0.456 e. The van der Waals surface area contributed by atoms with Crippen LogP contribution in [0, 0.1) is 0 Å². The van der Waals surface area contributed by atoms with Crippen LogP contribution >= 0.6 is 0 Å². The van der Waals surface area contributed by atoms with Gasteiger partial charge in [-0.25, -0.2) is 9.97 Å². The summed E-state index contributed by atoms with van der Waals surface area (Å²) < 4.78 is 6.60. The van der Waals surface area contributed by atoms with Crippen molar-refractivity contribution in [3.8, 4) is 89.9 Å². The van der Waals surface area contributed by atoms with E-state index in [2.05, 4.69) is 194 Å². The molecule has 0 N–H and O–H groups in total. The highest BCUT2D eigenvalue weighted by molar-refractivity contribution is 6.11. The van der Waals surface area contributed by atoms with Crippen LogP contribution in [0.4, 0.5) is 0 Å². The molecular formula is C54H34N2O. The second kappa shape index (κ2) is 13.6. The number of hydrogen-bond donors (Lipinski definition) is 0. The summed E-state index contributed by atoms with van der Waals surface area (Å²) >= 11 is 0. The summed E-state index contributed by atoms with van der Waals surface area (Å²) in [7, 11) is 0. The number of aromatic nitrogens is 2. The van der Waals surface area contributed by atoms with E-state index in [0.717, 1.165) is 72.4 Å². The zero-order chi connectivity index (χ0) is 37.7. The molecule has 0 atom stereocenters. The lowest BCUT2D eigenvalue weighted by Crippen LogP contribution is -1.99. The summed E-state index contributed by atoms with van der Waals surface area (Å²) in [5.74, 6) is 2.44. The summed E-state index contributed by atoms with van der Waals surface area (Å²) in [4.78, 5) is 10.5. The van der Waals surface area contributed by atoms with Gasteiger partial charge in [-0.05, 0) is 85.4 Å². The molecule has 1 aliphatic rings. The third-order valence-electron chi connectivity index (χ3n) is 11.1. The SMILES string of the molecule is c1ccc(-c2ccc(-c3cc(-c4ccccc4)nc(-c4ccc(-c5ccc6c(c5)-c5cccc7c(-c8ccccc8)ccc(c57)O6)c5ccccc45)n3)cc2)cc1. The normalized spacial score (nSPS) is 11.6. The molecule has 10 aromatic rings. The van der Waals surface area contributed by atoms with Gasteiger partial charge in [-0.1, -0.05) is 176 Å². The van der Waals surface area contributed by atoms with Crippen molar-refractivity contribution in [2.75, 3.05) is 0 Å². The average Bonchev–Trinajstić information content (AvgIpc) is 3.29. The summed E-state index contributed by atoms with van der Waals surface area (Å²) in [6.45, 7) is 0. The lowest BCUT2D eigenvalue weighted by Gasteiger charge is -2.23. The van der Waals surface area contributed by atoms with Crippen LogP contribution in [0.5, 0.6) is 11.5 Å². The Morgan fingerprint density at radius 3 is 1.49 bits per heavy atom. The van der Waals surface area contributed by atoms with E-state index >= 15 is 0 Å². The van der Waals surface area contributed by atoms with Gasteiger partial charge in [-0.3, -0.25) is 0 Å². The molecule has 0 saturated carbocycles. The van der Waals surface area contributed by atoms with E-state index in [1.807, 2.05) is 12.1 Å². The first-order valence-corrected chi connectivity index (χ1v) is 19.3. The van der Waals surface area contributed by atoms with Crippen LogP contribution in [0.2, 0.25) is 0 Å². The molecule has 2 heterocycles. The van der Waals surface area contributed by atoms with Gasteiger partial charge < -0.3 is 4.74 Å². The summed E-state index contributed by atoms with van der Waals surface area (Å²) in [5.41, 5.74) is 14.1. The van der Waals surface area contributed by atoms with Gasteiger partial charge in [0.15, 0.2) is 5.82 Å². The monoisotopic (exact) mass is 726 g/mol. The Balaban J connectivity index is 1.03. The molecule has 11 rings (SSSR count). The molecule has 0 bridgehead atoms. The Morgan fingerprint density at radius 2 is 0.772 bits per heavy atom. The topological polar surface area (TPSA) is 35.0 Å². The maximum Gasteiger partial charge on any atom is 0.161 e. The van der Waals surface area contributed by atoms with Crippen molar-refractivity contribution in [2.45, 2.75) is 0 Å². The van der Waals surface area contributed by atoms with Gasteiger partial charge >= 0.3 is 0 Å². The first kappa shape index (κ1) is 32.8. The fraction of sp³-hybridized carbons (Fsp3) is 0. The average molecular weight is 727 g/mol. The molecule has 0 fully saturated rings. The molecule has 266 valence electrons. The predicted molar refractivity (Wildman–Crippen MR) is 235 cm³/mol. The van der Waals surface area contributed by atoms with Crippen LogP contribution in [-0.2, 0) is 0 Å². The molecule has 1 aliphatic heterocycles. The van der Waals surface area contributed by atoms with Crippen LogP contribution in [0.25, 0.3) is 100.0 Å². The van der Waals surface area contributed by atoms with Crippen molar-refractivity contribution >= 4 is 21.5 Å². The lowest BCUT2D eigenvalue weighted by molar-refractivity contribution is 0.487. The quantitative estimate of drug-likeness (QED) is 0.171. The molecule has 9 aromatic carbocycles. The van der Waals surface area contributed by atoms with Gasteiger partial charge in [-0.2, -0.15) is 0 Å². The largest absolute Gasteiger partial charge is 0.456 e. The zero-order valence-corrected chi connectivity index (χ0v) is 30.9. The van der Waals surface area contributed by atoms with Crippen LogP contribution < -0.4 is 4.74 Å². The van der Waals surface area contributed by atoms with Crippen molar-refractivity contribution in [2.24, 2.45) is 0 Å². The van der Waals surface area contributed by atoms with Gasteiger partial charge in [-0.15, -0.1) is 0 Å². The number of nitrogens with zero attached hydrogens (tertiary/aromatic N) is 2. The first-order chi connectivity index (χ1) is 28.2. The van der Waals surface area contributed by atoms with Crippen molar-refractivity contribution < 1.29 is 4.74 Å². The van der Waals surface area contributed by atoms with E-state index in [-0.39, 0.29) is 0 Å². The second-order valence-electron chi connectivity index (χ2n) is 14.5. The van der Waals surface area contributed by atoms with Crippen molar-refractivity contribution in [1.29, 1.82) is 0 Å². The molecule has 0 saturated heterocycles. The Labute approximate surface area is 331 Å². The molecule has 3 heteroatoms. The van der Waals surface area contributed by atoms with Crippen molar-refractivity contribution in [3.63, 3.8) is 0 Å². The van der Waals surface area contributed by atoms with Gasteiger partial charge in [0.1, 0.15) is 11.5 Å². The number of rotatable bonds is 6. The molecule has 0 amide bonds. The predicted octanol–water partition coefficient (Wildman–Crippen LogP) is 14.6. The van der Waals surface area contributed by atoms with Crippen LogP contribution in [0.1, 0.15) is 0 Å². The fourth-order valence-corrected chi connectivity index (χ4v) is 8.35. The van der Waals surface area contributed by atoms with Crippen LogP contribution in [0.3, 0.4) is 0 Å². The highest BCUT2D eigenvalue weighted by Gasteiger charge is 2.23. The highest BCUT2D eigenvalue weighted by Crippen LogP contribution is 2.50. The third-order valence-corrected chi connectivity index (χ3v) is 11.1. The third kappa shape index (κ3) is 5.76. The van der Waals surface area contributed by atoms with E-state index in [1.54, 1.807) is 0 Å². The Bertz CT molecular complexity index is 3120. The Morgan fingerprint density at radius 1 is 0.281 bits per heavy atom.